The average Bonchev–Trinajstić information content (AvgIpc) is 2.55. The minimum atomic E-state index is -0.397. The summed E-state index contributed by atoms with van der Waals surface area (Å²) in [4.78, 5) is 30.0. The number of thioether (sulfide) groups is 1. The van der Waals surface area contributed by atoms with E-state index in [4.69, 9.17) is 4.74 Å². The van der Waals surface area contributed by atoms with Crippen molar-refractivity contribution in [1.29, 1.82) is 0 Å². The molecule has 3 rings (SSSR count). The van der Waals surface area contributed by atoms with Crippen LogP contribution in [0.15, 0.2) is 32.7 Å². The highest BCUT2D eigenvalue weighted by Crippen LogP contribution is 2.34. The van der Waals surface area contributed by atoms with Gasteiger partial charge in [0.15, 0.2) is 5.65 Å². The maximum Gasteiger partial charge on any atom is 0.332 e. The van der Waals surface area contributed by atoms with Gasteiger partial charge in [-0.2, -0.15) is 0 Å². The van der Waals surface area contributed by atoms with Crippen molar-refractivity contribution in [3.63, 3.8) is 0 Å². The van der Waals surface area contributed by atoms with Gasteiger partial charge in [0.25, 0.3) is 5.56 Å². The summed E-state index contributed by atoms with van der Waals surface area (Å²) in [6, 6.07) is 5.58. The largest absolute Gasteiger partial charge is 0.494 e. The second-order valence-corrected chi connectivity index (χ2v) is 5.72. The lowest BCUT2D eigenvalue weighted by Crippen LogP contribution is -2.37. The van der Waals surface area contributed by atoms with E-state index in [9.17, 15) is 9.59 Å². The molecule has 1 aromatic carbocycles. The highest BCUT2D eigenvalue weighted by Gasteiger charge is 2.18. The van der Waals surface area contributed by atoms with E-state index >= 15 is 0 Å². The second-order valence-electron chi connectivity index (χ2n) is 4.91. The molecule has 0 amide bonds. The molecule has 7 heteroatoms. The van der Waals surface area contributed by atoms with Crippen molar-refractivity contribution < 1.29 is 4.74 Å². The van der Waals surface area contributed by atoms with Gasteiger partial charge in [0, 0.05) is 24.4 Å². The number of hydrogen-bond acceptors (Lipinski definition) is 5. The molecule has 0 atom stereocenters. The molecule has 2 aromatic heterocycles. The molecule has 0 fully saturated rings. The SMILES string of the molecule is COc1cccc2c(SC)c3c(=O)n(C)c(=O)n(C)c3nc12. The third-order valence-electron chi connectivity index (χ3n) is 3.75. The van der Waals surface area contributed by atoms with Crippen molar-refractivity contribution >= 4 is 33.7 Å². The van der Waals surface area contributed by atoms with Crippen LogP contribution < -0.4 is 16.0 Å². The monoisotopic (exact) mass is 317 g/mol. The zero-order valence-electron chi connectivity index (χ0n) is 12.7. The van der Waals surface area contributed by atoms with E-state index in [0.29, 0.717) is 22.3 Å². The molecule has 0 spiro atoms. The molecule has 22 heavy (non-hydrogen) atoms. The quantitative estimate of drug-likeness (QED) is 0.529. The number of pyridine rings is 1. The third kappa shape index (κ3) is 1.85. The van der Waals surface area contributed by atoms with Gasteiger partial charge in [-0.1, -0.05) is 12.1 Å². The molecule has 0 aliphatic rings. The van der Waals surface area contributed by atoms with E-state index in [1.165, 1.54) is 23.4 Å². The van der Waals surface area contributed by atoms with E-state index in [1.54, 1.807) is 14.2 Å². The molecule has 3 aromatic rings. The molecule has 0 aliphatic carbocycles. The molecule has 0 aliphatic heterocycles. The fourth-order valence-electron chi connectivity index (χ4n) is 2.60. The molecule has 6 nitrogen and oxygen atoms in total. The van der Waals surface area contributed by atoms with Gasteiger partial charge in [0.05, 0.1) is 12.5 Å². The van der Waals surface area contributed by atoms with Crippen LogP contribution >= 0.6 is 11.8 Å². The van der Waals surface area contributed by atoms with Crippen LogP contribution in [0.2, 0.25) is 0 Å². The summed E-state index contributed by atoms with van der Waals surface area (Å²) in [5.41, 5.74) is 0.283. The van der Waals surface area contributed by atoms with Crippen molar-refractivity contribution in [2.24, 2.45) is 14.1 Å². The molecular formula is C15H15N3O3S. The normalized spacial score (nSPS) is 11.3. The number of ether oxygens (including phenoxy) is 1. The number of para-hydroxylation sites is 1. The Kier molecular flexibility index (Phi) is 3.44. The first kappa shape index (κ1) is 14.6. The van der Waals surface area contributed by atoms with Crippen molar-refractivity contribution in [2.45, 2.75) is 4.90 Å². The van der Waals surface area contributed by atoms with Gasteiger partial charge in [-0.25, -0.2) is 9.78 Å². The van der Waals surface area contributed by atoms with Gasteiger partial charge >= 0.3 is 5.69 Å². The van der Waals surface area contributed by atoms with Gasteiger partial charge in [-0.3, -0.25) is 13.9 Å². The first-order chi connectivity index (χ1) is 10.5. The molecule has 0 bridgehead atoms. The lowest BCUT2D eigenvalue weighted by atomic mass is 10.1. The molecule has 0 saturated heterocycles. The molecule has 0 radical (unpaired) electrons. The molecule has 0 N–H and O–H groups in total. The minimum Gasteiger partial charge on any atom is -0.494 e. The molecular weight excluding hydrogens is 302 g/mol. The van der Waals surface area contributed by atoms with E-state index in [1.807, 2.05) is 24.5 Å². The topological polar surface area (TPSA) is 66.1 Å². The number of fused-ring (bicyclic) bond motifs is 2. The fourth-order valence-corrected chi connectivity index (χ4v) is 3.37. The Morgan fingerprint density at radius 3 is 2.55 bits per heavy atom. The maximum atomic E-state index is 12.5. The molecule has 0 saturated carbocycles. The number of aromatic nitrogens is 3. The summed E-state index contributed by atoms with van der Waals surface area (Å²) < 4.78 is 7.86. The molecule has 0 unspecified atom stereocenters. The summed E-state index contributed by atoms with van der Waals surface area (Å²) in [5.74, 6) is 0.614. The Balaban J connectivity index is 2.72. The Hall–Kier alpha value is -2.28. The molecule has 114 valence electrons. The van der Waals surface area contributed by atoms with Crippen LogP contribution in [0.1, 0.15) is 0 Å². The maximum absolute atomic E-state index is 12.5. The number of aryl methyl sites for hydroxylation is 1. The zero-order chi connectivity index (χ0) is 16.0. The van der Waals surface area contributed by atoms with Gasteiger partial charge in [-0.05, 0) is 12.3 Å². The lowest BCUT2D eigenvalue weighted by molar-refractivity contribution is 0.419. The summed E-state index contributed by atoms with van der Waals surface area (Å²) in [5, 5.41) is 1.30. The smallest absolute Gasteiger partial charge is 0.332 e. The highest BCUT2D eigenvalue weighted by molar-refractivity contribution is 7.99. The van der Waals surface area contributed by atoms with Crippen LogP contribution in [0.25, 0.3) is 21.9 Å². The van der Waals surface area contributed by atoms with Crippen molar-refractivity contribution in [3.05, 3.63) is 39.0 Å². The Morgan fingerprint density at radius 2 is 1.91 bits per heavy atom. The first-order valence-corrected chi connectivity index (χ1v) is 7.84. The van der Waals surface area contributed by atoms with E-state index < -0.39 is 5.69 Å². The number of benzene rings is 1. The Morgan fingerprint density at radius 1 is 1.18 bits per heavy atom. The van der Waals surface area contributed by atoms with Crippen LogP contribution in [0.4, 0.5) is 0 Å². The minimum absolute atomic E-state index is 0.334. The van der Waals surface area contributed by atoms with Gasteiger partial charge in [-0.15, -0.1) is 11.8 Å². The van der Waals surface area contributed by atoms with Crippen LogP contribution in [0, 0.1) is 0 Å². The zero-order valence-corrected chi connectivity index (χ0v) is 13.5. The third-order valence-corrected chi connectivity index (χ3v) is 4.58. The van der Waals surface area contributed by atoms with E-state index in [-0.39, 0.29) is 5.56 Å². The van der Waals surface area contributed by atoms with Crippen molar-refractivity contribution in [1.82, 2.24) is 14.1 Å². The summed E-state index contributed by atoms with van der Waals surface area (Å²) in [6.45, 7) is 0. The predicted octanol–water partition coefficient (Wildman–Crippen LogP) is 1.52. The summed E-state index contributed by atoms with van der Waals surface area (Å²) >= 11 is 1.46. The fraction of sp³-hybridized carbons (Fsp3) is 0.267. The number of nitrogens with zero attached hydrogens (tertiary/aromatic N) is 3. The van der Waals surface area contributed by atoms with Crippen LogP contribution in [-0.2, 0) is 14.1 Å². The number of rotatable bonds is 2. The number of hydrogen-bond donors (Lipinski definition) is 0. The first-order valence-electron chi connectivity index (χ1n) is 6.61. The van der Waals surface area contributed by atoms with Crippen LogP contribution in [0.5, 0.6) is 5.75 Å². The summed E-state index contributed by atoms with van der Waals surface area (Å²) in [7, 11) is 4.66. The van der Waals surface area contributed by atoms with Crippen LogP contribution in [0.3, 0.4) is 0 Å². The van der Waals surface area contributed by atoms with Crippen molar-refractivity contribution in [3.8, 4) is 5.75 Å². The van der Waals surface area contributed by atoms with Gasteiger partial charge < -0.3 is 4.74 Å². The second kappa shape index (κ2) is 5.17. The number of methoxy groups -OCH3 is 1. The predicted molar refractivity (Wildman–Crippen MR) is 88.1 cm³/mol. The Labute approximate surface area is 130 Å². The van der Waals surface area contributed by atoms with Crippen molar-refractivity contribution in [2.75, 3.05) is 13.4 Å². The average molecular weight is 317 g/mol. The lowest BCUT2D eigenvalue weighted by Gasteiger charge is -2.13. The molecule has 2 heterocycles. The van der Waals surface area contributed by atoms with Gasteiger partial charge in [0.2, 0.25) is 0 Å². The Bertz CT molecular complexity index is 1020. The highest BCUT2D eigenvalue weighted by atomic mass is 32.2. The van der Waals surface area contributed by atoms with E-state index in [0.717, 1.165) is 14.8 Å². The summed E-state index contributed by atoms with van der Waals surface area (Å²) in [6.07, 6.45) is 1.90. The van der Waals surface area contributed by atoms with Gasteiger partial charge in [0.1, 0.15) is 11.3 Å². The van der Waals surface area contributed by atoms with E-state index in [2.05, 4.69) is 4.98 Å². The standard InChI is InChI=1S/C15H15N3O3S/c1-17-13-10(14(19)18(2)15(17)20)12(22-4)8-6-5-7-9(21-3)11(8)16-13/h5-7H,1-4H3. The van der Waals surface area contributed by atoms with Crippen LogP contribution in [-0.4, -0.2) is 27.5 Å².